The highest BCUT2D eigenvalue weighted by Gasteiger charge is 0.922. The van der Waals surface area contributed by atoms with Crippen LogP contribution < -0.4 is 73.7 Å². The summed E-state index contributed by atoms with van der Waals surface area (Å²) in [6.07, 6.45) is 45.0. The van der Waals surface area contributed by atoms with Crippen LogP contribution in [0.3, 0.4) is 0 Å². The molecule has 0 heterocycles. The molecule has 0 saturated carbocycles. The molecule has 0 aliphatic carbocycles. The van der Waals surface area contributed by atoms with Crippen molar-refractivity contribution < 1.29 is 16.9 Å². The minimum atomic E-state index is -1.12. The zero-order valence-corrected chi connectivity index (χ0v) is 28.0. The van der Waals surface area contributed by atoms with E-state index >= 15 is 0 Å². The van der Waals surface area contributed by atoms with Crippen molar-refractivity contribution in [1.29, 1.82) is 23.0 Å². The largest absolute Gasteiger partial charge is 0.344 e. The molecule has 0 aromatic rings. The van der Waals surface area contributed by atoms with Gasteiger partial charge in [-0.05, 0) is 0 Å². The summed E-state index contributed by atoms with van der Waals surface area (Å²) >= 11 is 0. The quantitative estimate of drug-likeness (QED) is 0.125. The van der Waals surface area contributed by atoms with Crippen LogP contribution >= 0.6 is 82.2 Å². The van der Waals surface area contributed by atoms with Crippen molar-refractivity contribution in [2.45, 2.75) is 0 Å². The van der Waals surface area contributed by atoms with Crippen LogP contribution in [0.4, 0.5) is 0 Å². The maximum atomic E-state index is 6.31. The van der Waals surface area contributed by atoms with Gasteiger partial charge < -0.3 is 73.7 Å². The van der Waals surface area contributed by atoms with Crippen molar-refractivity contribution in [3.63, 3.8) is 0 Å². The molecule has 0 radical (unpaired) electrons. The maximum absolute atomic E-state index is 6.31. The molecule has 36 N–H and O–H groups in total. The van der Waals surface area contributed by atoms with Gasteiger partial charge in [0.25, 0.3) is 0 Å². The van der Waals surface area contributed by atoms with E-state index in [9.17, 15) is 0 Å². The molecule has 0 aliphatic heterocycles. The summed E-state index contributed by atoms with van der Waals surface area (Å²) in [5.74, 6) is 0. The molecular formula is C9H81N12P9. The highest BCUT2D eigenvalue weighted by molar-refractivity contribution is 7.16. The standard InChI is InChI=1S/9CH5P.12H3N/c9*1-2;;;;;;;;;;;;/h9*2H2,1H3;12*1H3/i9*2TD;;;;;;;;;;;;/hD12. The molecule has 0 rings (SSSR count). The van der Waals surface area contributed by atoms with Crippen LogP contribution in [0.2, 0.25) is 16.9 Å². The number of hydrogen-bond donors (Lipinski definition) is 12. The molecule has 0 aromatic carbocycles. The summed E-state index contributed by atoms with van der Waals surface area (Å²) in [6, 6.07) is 0. The van der Waals surface area contributed by atoms with Crippen LogP contribution in [0, 0.1) is 0 Å². The molecule has 30 heavy (non-hydrogen) atoms. The number of rotatable bonds is 0. The Labute approximate surface area is 257 Å². The van der Waals surface area contributed by atoms with Crippen molar-refractivity contribution in [2.24, 2.45) is 0 Å². The van der Waals surface area contributed by atoms with Crippen LogP contribution in [-0.4, -0.2) is 83.0 Å². The second-order valence-corrected chi connectivity index (χ2v) is 0. The van der Waals surface area contributed by atoms with Gasteiger partial charge in [-0.1, -0.05) is 60.0 Å². The van der Waals surface area contributed by atoms with Gasteiger partial charge in [0.15, 0.2) is 0 Å². The van der Waals surface area contributed by atoms with Gasteiger partial charge in [0.1, 0.15) is 16.9 Å². The fraction of sp³-hybridized carbons (Fsp3) is 1.00. The van der Waals surface area contributed by atoms with Gasteiger partial charge in [0.2, 0.25) is 0 Å². The Bertz CT molecular complexity index is 236. The third-order valence-electron chi connectivity index (χ3n) is 0. The first-order valence-electron chi connectivity index (χ1n) is 19.0. The topological polar surface area (TPSA) is 420 Å². The lowest BCUT2D eigenvalue weighted by atomic mass is 12.0. The average Bonchev–Trinajstić information content (AvgIpc) is 3.16. The van der Waals surface area contributed by atoms with Crippen LogP contribution in [0.5, 0.6) is 0 Å². The molecule has 0 bridgehead atoms. The Morgan fingerprint density at radius 2 is 0.333 bits per heavy atom. The Hall–Kier alpha value is 3.39. The molecular weight excluding hydrogens is 555 g/mol. The van der Waals surface area contributed by atoms with E-state index in [0.29, 0.717) is 0 Å². The number of hydrogen-bond acceptors (Lipinski definition) is 12. The van der Waals surface area contributed by atoms with Crippen LogP contribution in [0.25, 0.3) is 0 Å². The summed E-state index contributed by atoms with van der Waals surface area (Å²) in [5, 5.41) is 0. The third kappa shape index (κ3) is 2520. The van der Waals surface area contributed by atoms with E-state index in [-0.39, 0.29) is 0 Å². The van der Waals surface area contributed by atoms with E-state index in [4.69, 9.17) is 40.0 Å². The summed E-state index contributed by atoms with van der Waals surface area (Å²) < 4.78 is 177. The Balaban J connectivity index is -0.0000000141. The predicted molar refractivity (Wildman–Crippen MR) is 201 cm³/mol. The minimum absolute atomic E-state index is 1.12. The summed E-state index contributed by atoms with van der Waals surface area (Å²) in [5.41, 5.74) is 0. The predicted octanol–water partition coefficient (Wildman–Crippen LogP) is 6.37. The lowest BCUT2D eigenvalue weighted by Gasteiger charge is -1.10. The first-order chi connectivity index (χ1) is 27.6. The molecule has 0 aromatic heterocycles. The molecule has 0 saturated heterocycles. The highest BCUT2D eigenvalue weighted by atomic mass is 31.0. The van der Waals surface area contributed by atoms with Gasteiger partial charge in [-0.15, -0.1) is 82.2 Å². The van der Waals surface area contributed by atoms with Gasteiger partial charge in [0, 0.05) is 0 Å². The molecule has 9 atom stereocenters. The molecule has 0 fully saturated rings. The van der Waals surface area contributed by atoms with Crippen molar-refractivity contribution in [3.8, 4) is 0 Å². The molecule has 0 amide bonds. The Morgan fingerprint density at radius 1 is 0.333 bits per heavy atom. The SMILES string of the molecule is [2H]N.[2H]N.[2H]N.[2H]N.[2H]N.[2H]N.[2H]N.[2H]N.[2H]N.[2H]N.[2H]N.[2H]N.[2H]P([3H])C.[2H]P([3H])C.[2H]P([3H])C.[2H]P([3H])C.[2H]P([3H])C.[2H]P([3H])C.[2H]P([3H])C.[2H]P([3H])C.[2H]P([3H])C. The third-order valence-corrected chi connectivity index (χ3v) is 0. The van der Waals surface area contributed by atoms with Crippen molar-refractivity contribution in [3.05, 3.63) is 0 Å². The van der Waals surface area contributed by atoms with Gasteiger partial charge >= 0.3 is 0 Å². The summed E-state index contributed by atoms with van der Waals surface area (Å²) in [6.45, 7) is 14.1. The van der Waals surface area contributed by atoms with Gasteiger partial charge in [0.05, 0.1) is 23.0 Å². The van der Waals surface area contributed by atoms with Crippen molar-refractivity contribution in [1.82, 2.24) is 73.7 Å². The van der Waals surface area contributed by atoms with E-state index < -0.39 is 82.2 Å². The normalized spacial score (nSPS) is 22.3. The highest BCUT2D eigenvalue weighted by Crippen LogP contribution is 1.48. The summed E-state index contributed by atoms with van der Waals surface area (Å²) in [4.78, 5) is 0. The Kier molecular flexibility index (Phi) is 1800. The molecule has 0 aliphatic rings. The second kappa shape index (κ2) is 2780. The summed E-state index contributed by atoms with van der Waals surface area (Å²) in [7, 11) is -10.1. The smallest absolute Gasteiger partial charge is 0.115 e. The minimum Gasteiger partial charge on any atom is -0.344 e. The van der Waals surface area contributed by atoms with Gasteiger partial charge in [-0.3, -0.25) is 0 Å². The first-order valence-corrected chi connectivity index (χ1v) is 12.1. The van der Waals surface area contributed by atoms with Crippen molar-refractivity contribution in [2.75, 3.05) is 60.0 Å². The van der Waals surface area contributed by atoms with E-state index in [2.05, 4.69) is 73.7 Å². The average molecular weight is 676 g/mol. The lowest BCUT2D eigenvalue weighted by Crippen LogP contribution is -0.804. The molecule has 0 spiro atoms. The van der Waals surface area contributed by atoms with Crippen LogP contribution in [-0.2, 0) is 0 Å². The fourth-order valence-corrected chi connectivity index (χ4v) is 0. The van der Waals surface area contributed by atoms with E-state index in [1.165, 1.54) is 0 Å². The zero-order valence-electron chi connectivity index (χ0n) is 50.0. The molecule has 12 nitrogen and oxygen atoms in total. The monoisotopic (exact) mass is 676 g/mol. The maximum Gasteiger partial charge on any atom is 0.115 e. The second-order valence-electron chi connectivity index (χ2n) is 0. The van der Waals surface area contributed by atoms with Gasteiger partial charge in [-0.2, -0.15) is 0 Å². The van der Waals surface area contributed by atoms with E-state index in [1.807, 2.05) is 0 Å². The lowest BCUT2D eigenvalue weighted by molar-refractivity contribution is 2.13. The molecule has 21 heteroatoms. The molecule has 9 unspecified atom stereocenters. The molecule has 222 valence electrons. The van der Waals surface area contributed by atoms with E-state index in [0.717, 1.165) is 0 Å². The van der Waals surface area contributed by atoms with E-state index in [1.54, 1.807) is 60.0 Å². The van der Waals surface area contributed by atoms with Crippen LogP contribution in [0.1, 0.15) is 0 Å². The van der Waals surface area contributed by atoms with Gasteiger partial charge in [-0.25, -0.2) is 0 Å². The fourth-order valence-electron chi connectivity index (χ4n) is 0. The van der Waals surface area contributed by atoms with Crippen molar-refractivity contribution >= 4 is 82.2 Å². The first kappa shape index (κ1) is 19.5. The zero-order chi connectivity index (χ0) is 56.2. The Morgan fingerprint density at radius 3 is 0.333 bits per heavy atom. The van der Waals surface area contributed by atoms with Crippen LogP contribution in [0.15, 0.2) is 0 Å².